The molecule has 0 bridgehead atoms. The van der Waals surface area contributed by atoms with Crippen molar-refractivity contribution in [1.82, 2.24) is 5.32 Å². The highest BCUT2D eigenvalue weighted by Crippen LogP contribution is 2.07. The molecule has 13 heavy (non-hydrogen) atoms. The van der Waals surface area contributed by atoms with E-state index in [4.69, 9.17) is 0 Å². The third-order valence-electron chi connectivity index (χ3n) is 1.62. The predicted octanol–water partition coefficient (Wildman–Crippen LogP) is 1.65. The molecule has 2 heteroatoms. The van der Waals surface area contributed by atoms with Crippen LogP contribution in [0.25, 0.3) is 0 Å². The Bertz CT molecular complexity index is 194. The highest BCUT2D eigenvalue weighted by Gasteiger charge is 2.03. The number of allylic oxidation sites excluding steroid dienone is 4. The molecule has 0 heterocycles. The molecule has 1 unspecified atom stereocenters. The van der Waals surface area contributed by atoms with Crippen LogP contribution in [0.3, 0.4) is 0 Å². The normalized spacial score (nSPS) is 14.8. The summed E-state index contributed by atoms with van der Waals surface area (Å²) >= 11 is 0. The highest BCUT2D eigenvalue weighted by atomic mass is 16.3. The average molecular weight is 181 g/mol. The van der Waals surface area contributed by atoms with Gasteiger partial charge in [-0.05, 0) is 26.0 Å². The van der Waals surface area contributed by atoms with Crippen molar-refractivity contribution in [1.29, 1.82) is 0 Å². The summed E-state index contributed by atoms with van der Waals surface area (Å²) in [5.74, 6) is 0. The maximum Gasteiger partial charge on any atom is 0.0704 e. The van der Waals surface area contributed by atoms with Gasteiger partial charge in [0.2, 0.25) is 0 Å². The Balaban J connectivity index is 4.09. The zero-order valence-corrected chi connectivity index (χ0v) is 8.46. The maximum absolute atomic E-state index is 9.50. The molecule has 0 aromatic rings. The Morgan fingerprint density at radius 1 is 1.62 bits per heavy atom. The van der Waals surface area contributed by atoms with Gasteiger partial charge in [-0.1, -0.05) is 30.9 Å². The molecule has 0 aromatic heterocycles. The van der Waals surface area contributed by atoms with Gasteiger partial charge in [-0.3, -0.25) is 0 Å². The molecule has 0 aliphatic rings. The van der Waals surface area contributed by atoms with Gasteiger partial charge in [0.1, 0.15) is 0 Å². The Morgan fingerprint density at radius 2 is 2.31 bits per heavy atom. The van der Waals surface area contributed by atoms with Crippen molar-refractivity contribution in [3.63, 3.8) is 0 Å². The number of hydrogen-bond acceptors (Lipinski definition) is 2. The average Bonchev–Trinajstić information content (AvgIpc) is 2.05. The second-order valence-corrected chi connectivity index (χ2v) is 2.89. The molecular weight excluding hydrogens is 162 g/mol. The van der Waals surface area contributed by atoms with E-state index >= 15 is 0 Å². The number of hydrogen-bond donors (Lipinski definition) is 2. The molecule has 0 fully saturated rings. The Labute approximate surface area is 80.7 Å². The van der Waals surface area contributed by atoms with E-state index < -0.39 is 0 Å². The zero-order valence-electron chi connectivity index (χ0n) is 8.46. The van der Waals surface area contributed by atoms with E-state index in [1.165, 1.54) is 0 Å². The van der Waals surface area contributed by atoms with Crippen LogP contribution in [-0.2, 0) is 0 Å². The Morgan fingerprint density at radius 3 is 2.77 bits per heavy atom. The molecule has 0 aliphatic carbocycles. The SMILES string of the molecule is C=C/C=C(\C=C/C)CC(O)CNC. The first-order valence-electron chi connectivity index (χ1n) is 4.51. The summed E-state index contributed by atoms with van der Waals surface area (Å²) in [6.07, 6.45) is 7.94. The van der Waals surface area contributed by atoms with Crippen molar-refractivity contribution >= 4 is 0 Å². The fourth-order valence-corrected chi connectivity index (χ4v) is 1.14. The van der Waals surface area contributed by atoms with Gasteiger partial charge in [0, 0.05) is 6.54 Å². The zero-order chi connectivity index (χ0) is 10.1. The lowest BCUT2D eigenvalue weighted by atomic mass is 10.1. The fourth-order valence-electron chi connectivity index (χ4n) is 1.14. The van der Waals surface area contributed by atoms with E-state index in [9.17, 15) is 5.11 Å². The lowest BCUT2D eigenvalue weighted by Crippen LogP contribution is -2.23. The monoisotopic (exact) mass is 181 g/mol. The van der Waals surface area contributed by atoms with Crippen LogP contribution in [-0.4, -0.2) is 24.8 Å². The molecule has 2 nitrogen and oxygen atoms in total. The van der Waals surface area contributed by atoms with Crippen LogP contribution in [0, 0.1) is 0 Å². The first-order valence-corrected chi connectivity index (χ1v) is 4.51. The minimum Gasteiger partial charge on any atom is -0.391 e. The molecule has 0 radical (unpaired) electrons. The van der Waals surface area contributed by atoms with Crippen LogP contribution in [0.15, 0.2) is 36.5 Å². The topological polar surface area (TPSA) is 32.3 Å². The molecule has 0 spiro atoms. The van der Waals surface area contributed by atoms with Gasteiger partial charge in [0.25, 0.3) is 0 Å². The van der Waals surface area contributed by atoms with Crippen molar-refractivity contribution in [3.8, 4) is 0 Å². The van der Waals surface area contributed by atoms with Gasteiger partial charge in [-0.2, -0.15) is 0 Å². The second kappa shape index (κ2) is 7.77. The van der Waals surface area contributed by atoms with E-state index in [1.807, 2.05) is 32.2 Å². The molecular formula is C11H19NO. The summed E-state index contributed by atoms with van der Waals surface area (Å²) in [5, 5.41) is 12.4. The number of aliphatic hydroxyl groups is 1. The lowest BCUT2D eigenvalue weighted by Gasteiger charge is -2.09. The highest BCUT2D eigenvalue weighted by molar-refractivity contribution is 5.23. The Kier molecular flexibility index (Phi) is 7.26. The smallest absolute Gasteiger partial charge is 0.0704 e. The molecule has 2 N–H and O–H groups in total. The molecule has 0 amide bonds. The van der Waals surface area contributed by atoms with Crippen LogP contribution < -0.4 is 5.32 Å². The summed E-state index contributed by atoms with van der Waals surface area (Å²) in [7, 11) is 1.83. The van der Waals surface area contributed by atoms with Gasteiger partial charge in [-0.25, -0.2) is 0 Å². The van der Waals surface area contributed by atoms with Crippen LogP contribution >= 0.6 is 0 Å². The van der Waals surface area contributed by atoms with E-state index in [0.717, 1.165) is 5.57 Å². The largest absolute Gasteiger partial charge is 0.391 e. The molecule has 0 saturated heterocycles. The molecule has 0 rings (SSSR count). The quantitative estimate of drug-likeness (QED) is 0.611. The third-order valence-corrected chi connectivity index (χ3v) is 1.62. The van der Waals surface area contributed by atoms with Gasteiger partial charge in [-0.15, -0.1) is 0 Å². The fraction of sp³-hybridized carbons (Fsp3) is 0.455. The summed E-state index contributed by atoms with van der Waals surface area (Å²) < 4.78 is 0. The summed E-state index contributed by atoms with van der Waals surface area (Å²) in [4.78, 5) is 0. The molecule has 1 atom stereocenters. The van der Waals surface area contributed by atoms with Crippen LogP contribution in [0.5, 0.6) is 0 Å². The standard InChI is InChI=1S/C11H19NO/c1-4-6-10(7-5-2)8-11(13)9-12-3/h4-7,11-13H,1,8-9H2,2-3H3/b7-5-,10-6+. The summed E-state index contributed by atoms with van der Waals surface area (Å²) in [6, 6.07) is 0. The van der Waals surface area contributed by atoms with Crippen LogP contribution in [0.2, 0.25) is 0 Å². The summed E-state index contributed by atoms with van der Waals surface area (Å²) in [6.45, 7) is 6.21. The lowest BCUT2D eigenvalue weighted by molar-refractivity contribution is 0.175. The van der Waals surface area contributed by atoms with E-state index in [0.29, 0.717) is 13.0 Å². The minimum absolute atomic E-state index is 0.326. The van der Waals surface area contributed by atoms with Gasteiger partial charge < -0.3 is 10.4 Å². The van der Waals surface area contributed by atoms with Crippen molar-refractivity contribution < 1.29 is 5.11 Å². The van der Waals surface area contributed by atoms with E-state index in [2.05, 4.69) is 11.9 Å². The molecule has 0 saturated carbocycles. The van der Waals surface area contributed by atoms with Crippen LogP contribution in [0.1, 0.15) is 13.3 Å². The molecule has 0 aromatic carbocycles. The van der Waals surface area contributed by atoms with Crippen molar-refractivity contribution in [3.05, 3.63) is 36.5 Å². The number of nitrogens with one attached hydrogen (secondary N) is 1. The minimum atomic E-state index is -0.326. The van der Waals surface area contributed by atoms with E-state index in [-0.39, 0.29) is 6.10 Å². The van der Waals surface area contributed by atoms with Gasteiger partial charge >= 0.3 is 0 Å². The number of likely N-dealkylation sites (N-methyl/N-ethyl adjacent to an activating group) is 1. The number of rotatable bonds is 6. The number of aliphatic hydroxyl groups excluding tert-OH is 1. The van der Waals surface area contributed by atoms with Crippen molar-refractivity contribution in [2.75, 3.05) is 13.6 Å². The summed E-state index contributed by atoms with van der Waals surface area (Å²) in [5.41, 5.74) is 1.10. The molecule has 74 valence electrons. The van der Waals surface area contributed by atoms with Gasteiger partial charge in [0.05, 0.1) is 6.10 Å². The maximum atomic E-state index is 9.50. The van der Waals surface area contributed by atoms with Gasteiger partial charge in [0.15, 0.2) is 0 Å². The third kappa shape index (κ3) is 6.31. The predicted molar refractivity (Wildman–Crippen MR) is 57.6 cm³/mol. The molecule has 0 aliphatic heterocycles. The van der Waals surface area contributed by atoms with Crippen molar-refractivity contribution in [2.24, 2.45) is 0 Å². The Hall–Kier alpha value is -0.860. The first-order chi connectivity index (χ1) is 6.24. The van der Waals surface area contributed by atoms with Crippen LogP contribution in [0.4, 0.5) is 0 Å². The first kappa shape index (κ1) is 12.1. The van der Waals surface area contributed by atoms with Crippen molar-refractivity contribution in [2.45, 2.75) is 19.4 Å². The second-order valence-electron chi connectivity index (χ2n) is 2.89. The van der Waals surface area contributed by atoms with E-state index in [1.54, 1.807) is 6.08 Å².